The van der Waals surface area contributed by atoms with Crippen molar-refractivity contribution in [2.24, 2.45) is 0 Å². The summed E-state index contributed by atoms with van der Waals surface area (Å²) in [5, 5.41) is 53.2. The van der Waals surface area contributed by atoms with Crippen LogP contribution in [0, 0.1) is 0 Å². The highest BCUT2D eigenvalue weighted by atomic mass is 35.5. The van der Waals surface area contributed by atoms with E-state index in [9.17, 15) is 34.2 Å². The summed E-state index contributed by atoms with van der Waals surface area (Å²) in [6.07, 6.45) is -0.208. The second-order valence-electron chi connectivity index (χ2n) is 10.9. The van der Waals surface area contributed by atoms with Crippen molar-refractivity contribution in [3.8, 4) is 17.2 Å². The van der Waals surface area contributed by atoms with Crippen molar-refractivity contribution in [1.29, 1.82) is 0 Å². The predicted molar refractivity (Wildman–Crippen MR) is 171 cm³/mol. The summed E-state index contributed by atoms with van der Waals surface area (Å²) in [4.78, 5) is 65.1. The lowest BCUT2D eigenvalue weighted by atomic mass is 10.1. The molecule has 5 rings (SSSR count). The number of halogens is 2. The number of amides is 2. The molecule has 1 fully saturated rings. The lowest BCUT2D eigenvalue weighted by molar-refractivity contribution is -0.145. The number of hydrogen-bond acceptors (Lipinski definition) is 10. The van der Waals surface area contributed by atoms with Crippen molar-refractivity contribution in [2.45, 2.75) is 50.8 Å². The minimum atomic E-state index is -1.69. The van der Waals surface area contributed by atoms with Crippen LogP contribution in [0.5, 0.6) is 17.2 Å². The number of ether oxygens (including phenoxy) is 1. The molecule has 0 aliphatic heterocycles. The summed E-state index contributed by atoms with van der Waals surface area (Å²) in [6, 6.07) is 9.63. The number of carbonyl (C=O) groups is 5. The highest BCUT2D eigenvalue weighted by Gasteiger charge is 2.52. The van der Waals surface area contributed by atoms with E-state index in [-0.39, 0.29) is 33.2 Å². The first-order chi connectivity index (χ1) is 22.5. The summed E-state index contributed by atoms with van der Waals surface area (Å²) in [5.74, 6) is -6.18. The zero-order valence-corrected chi connectivity index (χ0v) is 26.7. The number of benzene rings is 2. The molecule has 2 heterocycles. The number of aromatic hydroxyl groups is 2. The van der Waals surface area contributed by atoms with Gasteiger partial charge in [0.25, 0.3) is 11.8 Å². The number of nitrogens with one attached hydrogen (secondary N) is 2. The number of carboxylic acid groups (broad SMARTS) is 3. The third-order valence-corrected chi connectivity index (χ3v) is 7.61. The number of aromatic nitrogens is 2. The summed E-state index contributed by atoms with van der Waals surface area (Å²) < 4.78 is 5.54. The quantitative estimate of drug-likeness (QED) is 0.116. The molecule has 4 aromatic rings. The summed E-state index contributed by atoms with van der Waals surface area (Å²) in [6.45, 7) is 3.68. The first kappa shape index (κ1) is 35.4. The fourth-order valence-corrected chi connectivity index (χ4v) is 5.00. The fraction of sp³-hybridized carbons (Fsp3) is 0.258. The van der Waals surface area contributed by atoms with E-state index in [2.05, 4.69) is 15.3 Å². The average Bonchev–Trinajstić information content (AvgIpc) is 3.81. The number of hydrogen-bond donors (Lipinski definition) is 7. The van der Waals surface area contributed by atoms with Crippen LogP contribution in [-0.2, 0) is 14.4 Å². The van der Waals surface area contributed by atoms with Gasteiger partial charge in [0.05, 0.1) is 12.5 Å². The molecule has 1 aliphatic carbocycles. The van der Waals surface area contributed by atoms with Crippen molar-refractivity contribution in [2.75, 3.05) is 0 Å². The van der Waals surface area contributed by atoms with Crippen LogP contribution < -0.4 is 15.4 Å². The third kappa shape index (κ3) is 7.75. The van der Waals surface area contributed by atoms with E-state index in [0.29, 0.717) is 34.7 Å². The van der Waals surface area contributed by atoms with Gasteiger partial charge in [-0.3, -0.25) is 14.4 Å². The molecule has 17 heteroatoms. The van der Waals surface area contributed by atoms with E-state index in [1.54, 1.807) is 36.4 Å². The largest absolute Gasteiger partial charge is 0.505 e. The molecule has 2 aromatic heterocycles. The Balaban J connectivity index is 0.000000223. The standard InChI is InChI=1S/C17H17ClN2O7.C14H11ClN2O4/c1-7(2)27-8-3-4-9-10(5-8)15(18)20-13(14(9)23)16(24)19-11(17(25)26)6-12(21)22;15-11-8-4-2-1-3-7(8)10(18)9(16-11)12(19)17-14(5-6-14)13(20)21/h3-5,7,11,23H,6H2,1-2H3,(H,19,24)(H,21,22)(H,25,26);1-4,18H,5-6H2,(H,17,19)(H,20,21)/t11-;/m1./s1. The SMILES string of the molecule is CC(C)Oc1ccc2c(O)c(C(=O)N[C@H](CC(=O)O)C(=O)O)nc(Cl)c2c1.O=C(NC1(C(=O)O)CC1)c1nc(Cl)c2ccccc2c1O. The number of rotatable bonds is 10. The van der Waals surface area contributed by atoms with Crippen molar-refractivity contribution in [3.63, 3.8) is 0 Å². The first-order valence-corrected chi connectivity index (χ1v) is 14.9. The zero-order valence-electron chi connectivity index (χ0n) is 25.2. The van der Waals surface area contributed by atoms with Gasteiger partial charge in [0, 0.05) is 21.5 Å². The van der Waals surface area contributed by atoms with E-state index in [1.807, 2.05) is 19.2 Å². The van der Waals surface area contributed by atoms with Crippen LogP contribution in [0.2, 0.25) is 10.3 Å². The minimum absolute atomic E-state index is 0.0775. The normalized spacial score (nSPS) is 13.6. The van der Waals surface area contributed by atoms with E-state index in [1.165, 1.54) is 6.07 Å². The Morgan fingerprint density at radius 2 is 1.38 bits per heavy atom. The molecule has 1 aliphatic rings. The van der Waals surface area contributed by atoms with Crippen LogP contribution in [0.4, 0.5) is 0 Å². The van der Waals surface area contributed by atoms with Gasteiger partial charge < -0.3 is 40.9 Å². The van der Waals surface area contributed by atoms with Crippen LogP contribution >= 0.6 is 23.2 Å². The van der Waals surface area contributed by atoms with Crippen LogP contribution in [0.3, 0.4) is 0 Å². The molecule has 2 aromatic carbocycles. The van der Waals surface area contributed by atoms with Crippen LogP contribution in [-0.4, -0.2) is 82.9 Å². The van der Waals surface area contributed by atoms with Gasteiger partial charge in [0.2, 0.25) is 0 Å². The molecule has 0 saturated heterocycles. The Morgan fingerprint density at radius 3 is 1.90 bits per heavy atom. The maximum atomic E-state index is 12.3. The minimum Gasteiger partial charge on any atom is -0.505 e. The lowest BCUT2D eigenvalue weighted by Crippen LogP contribution is -2.43. The Hall–Kier alpha value is -5.41. The van der Waals surface area contributed by atoms with Gasteiger partial charge in [0.1, 0.15) is 27.6 Å². The van der Waals surface area contributed by atoms with Gasteiger partial charge in [0.15, 0.2) is 22.9 Å². The van der Waals surface area contributed by atoms with Crippen LogP contribution in [0.25, 0.3) is 21.5 Å². The average molecular weight is 703 g/mol. The van der Waals surface area contributed by atoms with E-state index < -0.39 is 59.2 Å². The summed E-state index contributed by atoms with van der Waals surface area (Å²) >= 11 is 12.1. The molecule has 0 bridgehead atoms. The summed E-state index contributed by atoms with van der Waals surface area (Å²) in [7, 11) is 0. The molecular formula is C31H28Cl2N4O11. The number of aliphatic carboxylic acids is 3. The lowest BCUT2D eigenvalue weighted by Gasteiger charge is -2.15. The molecule has 2 amide bonds. The zero-order chi connectivity index (χ0) is 35.5. The number of carboxylic acids is 3. The van der Waals surface area contributed by atoms with E-state index in [0.717, 1.165) is 0 Å². The maximum absolute atomic E-state index is 12.3. The monoisotopic (exact) mass is 702 g/mol. The Morgan fingerprint density at radius 1 is 0.833 bits per heavy atom. The third-order valence-electron chi connectivity index (χ3n) is 7.04. The molecule has 0 spiro atoms. The van der Waals surface area contributed by atoms with Crippen LogP contribution in [0.15, 0.2) is 42.5 Å². The van der Waals surface area contributed by atoms with Crippen molar-refractivity contribution in [3.05, 3.63) is 64.2 Å². The molecule has 1 atom stereocenters. The number of carbonyl (C=O) groups excluding carboxylic acids is 2. The predicted octanol–water partition coefficient (Wildman–Crippen LogP) is 3.98. The van der Waals surface area contributed by atoms with Gasteiger partial charge in [-0.1, -0.05) is 47.5 Å². The van der Waals surface area contributed by atoms with Crippen molar-refractivity contribution < 1.29 is 54.2 Å². The maximum Gasteiger partial charge on any atom is 0.329 e. The molecule has 0 radical (unpaired) electrons. The van der Waals surface area contributed by atoms with Gasteiger partial charge in [-0.2, -0.15) is 0 Å². The number of fused-ring (bicyclic) bond motifs is 2. The Labute approximate surface area is 281 Å². The van der Waals surface area contributed by atoms with Gasteiger partial charge in [-0.25, -0.2) is 19.6 Å². The molecule has 0 unspecified atom stereocenters. The van der Waals surface area contributed by atoms with Crippen molar-refractivity contribution >= 4 is 74.5 Å². The van der Waals surface area contributed by atoms with E-state index in [4.69, 9.17) is 43.3 Å². The fourth-order valence-electron chi connectivity index (χ4n) is 4.51. The van der Waals surface area contributed by atoms with Gasteiger partial charge in [-0.15, -0.1) is 0 Å². The molecule has 7 N–H and O–H groups in total. The molecule has 15 nitrogen and oxygen atoms in total. The first-order valence-electron chi connectivity index (χ1n) is 14.1. The Kier molecular flexibility index (Phi) is 10.4. The molecule has 48 heavy (non-hydrogen) atoms. The summed E-state index contributed by atoms with van der Waals surface area (Å²) in [5.41, 5.74) is -2.03. The number of pyridine rings is 2. The van der Waals surface area contributed by atoms with Gasteiger partial charge >= 0.3 is 17.9 Å². The Bertz CT molecular complexity index is 1960. The van der Waals surface area contributed by atoms with Crippen LogP contribution in [0.1, 0.15) is 54.1 Å². The molecular weight excluding hydrogens is 675 g/mol. The molecule has 1 saturated carbocycles. The van der Waals surface area contributed by atoms with Crippen molar-refractivity contribution in [1.82, 2.24) is 20.6 Å². The highest BCUT2D eigenvalue weighted by Crippen LogP contribution is 2.38. The number of nitrogens with zero attached hydrogens (tertiary/aromatic N) is 2. The second-order valence-corrected chi connectivity index (χ2v) is 11.6. The highest BCUT2D eigenvalue weighted by molar-refractivity contribution is 6.35. The molecule has 252 valence electrons. The smallest absolute Gasteiger partial charge is 0.329 e. The van der Waals surface area contributed by atoms with Gasteiger partial charge in [-0.05, 0) is 44.9 Å². The second kappa shape index (κ2) is 14.1. The van der Waals surface area contributed by atoms with E-state index >= 15 is 0 Å². The topological polar surface area (TPSA) is 246 Å².